The topological polar surface area (TPSA) is 47.1 Å². The van der Waals surface area contributed by atoms with E-state index in [1.807, 2.05) is 19.3 Å². The molecule has 92 valence electrons. The lowest BCUT2D eigenvalue weighted by Gasteiger charge is -2.21. The van der Waals surface area contributed by atoms with Gasteiger partial charge in [-0.3, -0.25) is 0 Å². The zero-order valence-electron chi connectivity index (χ0n) is 10.5. The third-order valence-electron chi connectivity index (χ3n) is 2.85. The Bertz CT molecular complexity index is 282. The van der Waals surface area contributed by atoms with Crippen LogP contribution < -0.4 is 5.73 Å². The number of hydrogen-bond acceptors (Lipinski definition) is 3. The highest BCUT2D eigenvalue weighted by Gasteiger charge is 2.04. The van der Waals surface area contributed by atoms with Gasteiger partial charge in [-0.1, -0.05) is 13.3 Å². The van der Waals surface area contributed by atoms with Gasteiger partial charge >= 0.3 is 0 Å². The van der Waals surface area contributed by atoms with Crippen LogP contribution in [-0.2, 0) is 6.54 Å². The molecule has 0 aliphatic rings. The molecule has 0 aromatic carbocycles. The third kappa shape index (κ3) is 4.33. The van der Waals surface area contributed by atoms with E-state index in [1.54, 1.807) is 0 Å². The smallest absolute Gasteiger partial charge is 0.105 e. The molecule has 1 heterocycles. The molecule has 1 aromatic heterocycles. The summed E-state index contributed by atoms with van der Waals surface area (Å²) in [7, 11) is 0. The second-order valence-electron chi connectivity index (χ2n) is 4.15. The predicted octanol–water partition coefficient (Wildman–Crippen LogP) is 1.25. The molecule has 4 heteroatoms. The Labute approximate surface area is 98.5 Å². The standard InChI is InChI=1S/C12H24N4/c1-3-4-7-15(8-5-13)10-11-16-9-6-14-12(16)2/h6,9H,3-5,7-8,10-11,13H2,1-2H3. The third-order valence-corrected chi connectivity index (χ3v) is 2.85. The van der Waals surface area contributed by atoms with Gasteiger partial charge in [0.15, 0.2) is 0 Å². The first-order chi connectivity index (χ1) is 7.77. The maximum atomic E-state index is 5.62. The number of rotatable bonds is 8. The van der Waals surface area contributed by atoms with E-state index in [0.717, 1.165) is 38.5 Å². The number of unbranched alkanes of at least 4 members (excludes halogenated alkanes) is 1. The fourth-order valence-corrected chi connectivity index (χ4v) is 1.79. The van der Waals surface area contributed by atoms with E-state index in [0.29, 0.717) is 0 Å². The van der Waals surface area contributed by atoms with Crippen LogP contribution in [0.4, 0.5) is 0 Å². The average molecular weight is 224 g/mol. The lowest BCUT2D eigenvalue weighted by Crippen LogP contribution is -2.33. The molecule has 0 unspecified atom stereocenters. The van der Waals surface area contributed by atoms with Gasteiger partial charge in [-0.2, -0.15) is 0 Å². The van der Waals surface area contributed by atoms with E-state index >= 15 is 0 Å². The van der Waals surface area contributed by atoms with E-state index in [4.69, 9.17) is 5.73 Å². The number of nitrogens with two attached hydrogens (primary N) is 1. The normalized spacial score (nSPS) is 11.2. The Balaban J connectivity index is 2.34. The van der Waals surface area contributed by atoms with E-state index in [9.17, 15) is 0 Å². The van der Waals surface area contributed by atoms with Gasteiger partial charge in [0.1, 0.15) is 5.82 Å². The van der Waals surface area contributed by atoms with Gasteiger partial charge in [0, 0.05) is 38.6 Å². The van der Waals surface area contributed by atoms with Crippen molar-refractivity contribution in [1.29, 1.82) is 0 Å². The first kappa shape index (κ1) is 13.2. The van der Waals surface area contributed by atoms with Crippen molar-refractivity contribution in [3.63, 3.8) is 0 Å². The Morgan fingerprint density at radius 2 is 2.19 bits per heavy atom. The summed E-state index contributed by atoms with van der Waals surface area (Å²) in [5.74, 6) is 1.09. The molecular formula is C12H24N4. The van der Waals surface area contributed by atoms with Crippen LogP contribution in [0.3, 0.4) is 0 Å². The molecule has 1 aromatic rings. The molecule has 2 N–H and O–H groups in total. The molecule has 0 saturated carbocycles. The molecule has 0 radical (unpaired) electrons. The van der Waals surface area contributed by atoms with Crippen LogP contribution in [0.25, 0.3) is 0 Å². The molecule has 0 fully saturated rings. The summed E-state index contributed by atoms with van der Waals surface area (Å²) in [6, 6.07) is 0. The van der Waals surface area contributed by atoms with E-state index < -0.39 is 0 Å². The van der Waals surface area contributed by atoms with E-state index in [-0.39, 0.29) is 0 Å². The zero-order chi connectivity index (χ0) is 11.8. The molecule has 0 amide bonds. The van der Waals surface area contributed by atoms with Crippen LogP contribution in [0.2, 0.25) is 0 Å². The van der Waals surface area contributed by atoms with Gasteiger partial charge < -0.3 is 15.2 Å². The second-order valence-corrected chi connectivity index (χ2v) is 4.15. The van der Waals surface area contributed by atoms with E-state index in [1.165, 1.54) is 12.8 Å². The SMILES string of the molecule is CCCCN(CCN)CCn1ccnc1C. The number of hydrogen-bond donors (Lipinski definition) is 1. The lowest BCUT2D eigenvalue weighted by atomic mass is 10.3. The van der Waals surface area contributed by atoms with Crippen LogP contribution in [0.15, 0.2) is 12.4 Å². The van der Waals surface area contributed by atoms with Crippen molar-refractivity contribution >= 4 is 0 Å². The maximum Gasteiger partial charge on any atom is 0.105 e. The second kappa shape index (κ2) is 7.41. The lowest BCUT2D eigenvalue weighted by molar-refractivity contribution is 0.265. The fraction of sp³-hybridized carbons (Fsp3) is 0.750. The maximum absolute atomic E-state index is 5.62. The molecular weight excluding hydrogens is 200 g/mol. The first-order valence-corrected chi connectivity index (χ1v) is 6.18. The summed E-state index contributed by atoms with van der Waals surface area (Å²) in [5.41, 5.74) is 5.62. The average Bonchev–Trinajstić information content (AvgIpc) is 2.68. The Morgan fingerprint density at radius 1 is 1.38 bits per heavy atom. The molecule has 0 saturated heterocycles. The van der Waals surface area contributed by atoms with Crippen molar-refractivity contribution in [3.05, 3.63) is 18.2 Å². The Morgan fingerprint density at radius 3 is 2.75 bits per heavy atom. The van der Waals surface area contributed by atoms with Crippen molar-refractivity contribution < 1.29 is 0 Å². The van der Waals surface area contributed by atoms with E-state index in [2.05, 4.69) is 21.4 Å². The zero-order valence-corrected chi connectivity index (χ0v) is 10.5. The molecule has 0 atom stereocenters. The summed E-state index contributed by atoms with van der Waals surface area (Å²) in [6.07, 6.45) is 6.39. The van der Waals surface area contributed by atoms with Crippen LogP contribution >= 0.6 is 0 Å². The summed E-state index contributed by atoms with van der Waals surface area (Å²) >= 11 is 0. The van der Waals surface area contributed by atoms with Crippen molar-refractivity contribution in [2.45, 2.75) is 33.2 Å². The van der Waals surface area contributed by atoms with Crippen LogP contribution in [-0.4, -0.2) is 40.6 Å². The monoisotopic (exact) mass is 224 g/mol. The number of aryl methyl sites for hydroxylation is 1. The molecule has 0 aliphatic heterocycles. The quantitative estimate of drug-likeness (QED) is 0.723. The minimum absolute atomic E-state index is 0.743. The molecule has 16 heavy (non-hydrogen) atoms. The van der Waals surface area contributed by atoms with Gasteiger partial charge in [0.25, 0.3) is 0 Å². The Kier molecular flexibility index (Phi) is 6.11. The van der Waals surface area contributed by atoms with Gasteiger partial charge in [0.2, 0.25) is 0 Å². The van der Waals surface area contributed by atoms with Gasteiger partial charge in [0.05, 0.1) is 0 Å². The summed E-state index contributed by atoms with van der Waals surface area (Å²) in [6.45, 7) is 9.23. The Hall–Kier alpha value is -0.870. The summed E-state index contributed by atoms with van der Waals surface area (Å²) in [4.78, 5) is 6.66. The van der Waals surface area contributed by atoms with Crippen molar-refractivity contribution in [2.24, 2.45) is 5.73 Å². The largest absolute Gasteiger partial charge is 0.334 e. The van der Waals surface area contributed by atoms with Crippen molar-refractivity contribution in [1.82, 2.24) is 14.5 Å². The molecule has 0 spiro atoms. The number of imidazole rings is 1. The highest BCUT2D eigenvalue weighted by atomic mass is 15.2. The molecule has 1 rings (SSSR count). The summed E-state index contributed by atoms with van der Waals surface area (Å²) < 4.78 is 2.19. The number of nitrogens with zero attached hydrogens (tertiary/aromatic N) is 3. The first-order valence-electron chi connectivity index (χ1n) is 6.18. The minimum Gasteiger partial charge on any atom is -0.334 e. The van der Waals surface area contributed by atoms with Crippen LogP contribution in [0.5, 0.6) is 0 Å². The fourth-order valence-electron chi connectivity index (χ4n) is 1.79. The molecule has 4 nitrogen and oxygen atoms in total. The highest BCUT2D eigenvalue weighted by Crippen LogP contribution is 1.99. The predicted molar refractivity (Wildman–Crippen MR) is 67.4 cm³/mol. The van der Waals surface area contributed by atoms with Crippen LogP contribution in [0, 0.1) is 6.92 Å². The molecule has 0 bridgehead atoms. The van der Waals surface area contributed by atoms with Crippen molar-refractivity contribution in [3.8, 4) is 0 Å². The van der Waals surface area contributed by atoms with Gasteiger partial charge in [-0.05, 0) is 19.9 Å². The number of aromatic nitrogens is 2. The van der Waals surface area contributed by atoms with Crippen LogP contribution in [0.1, 0.15) is 25.6 Å². The summed E-state index contributed by atoms with van der Waals surface area (Å²) in [5, 5.41) is 0. The minimum atomic E-state index is 0.743. The highest BCUT2D eigenvalue weighted by molar-refractivity contribution is 4.88. The van der Waals surface area contributed by atoms with Gasteiger partial charge in [-0.15, -0.1) is 0 Å². The van der Waals surface area contributed by atoms with Gasteiger partial charge in [-0.25, -0.2) is 4.98 Å². The molecule has 0 aliphatic carbocycles. The van der Waals surface area contributed by atoms with Crippen molar-refractivity contribution in [2.75, 3.05) is 26.2 Å².